The van der Waals surface area contributed by atoms with Gasteiger partial charge in [-0.2, -0.15) is 80.0 Å². The highest BCUT2D eigenvalue weighted by atomic mass is 19.4. The van der Waals surface area contributed by atoms with Gasteiger partial charge in [0.05, 0.1) is 0 Å². The first kappa shape index (κ1) is 25.0. The highest BCUT2D eigenvalue weighted by Crippen LogP contribution is 2.71. The maximum absolute atomic E-state index is 13.3. The molecule has 0 aromatic carbocycles. The highest BCUT2D eigenvalue weighted by molar-refractivity contribution is 5.24. The van der Waals surface area contributed by atoms with Crippen molar-refractivity contribution in [3.63, 3.8) is 0 Å². The SMILES string of the molecule is OC1(OOC2(O)C(F)(F)C(F)(F)C(F)(F)C2(F)F)C(F)(F)C(F)(F)C(F)(F)C1(F)F. The number of hydrogen-bond donors (Lipinski definition) is 2. The molecule has 2 aliphatic rings. The Morgan fingerprint density at radius 2 is 0.433 bits per heavy atom. The van der Waals surface area contributed by atoms with Crippen molar-refractivity contribution < 1.29 is 90.2 Å². The smallest absolute Gasteiger partial charge is 0.354 e. The first-order chi connectivity index (χ1) is 12.7. The molecule has 2 fully saturated rings. The molecule has 0 aliphatic heterocycles. The van der Waals surface area contributed by atoms with E-state index in [9.17, 15) is 70.2 Å². The van der Waals surface area contributed by atoms with Gasteiger partial charge in [-0.05, 0) is 0 Å². The minimum absolute atomic E-state index is 2.06. The van der Waals surface area contributed by atoms with E-state index in [0.29, 0.717) is 0 Å². The lowest BCUT2D eigenvalue weighted by Gasteiger charge is -2.36. The van der Waals surface area contributed by atoms with Gasteiger partial charge in [-0.3, -0.25) is 0 Å². The van der Waals surface area contributed by atoms with Gasteiger partial charge in [0, 0.05) is 0 Å². The standard InChI is InChI=1S/C10H2F16O4/c11-1(12)2(13,14)6(21,22)9(27,5(1,19)20)29-30-10(28)7(23,24)3(15,16)4(17,18)8(10,25)26/h27-28H. The van der Waals surface area contributed by atoms with Crippen molar-refractivity contribution in [2.75, 3.05) is 0 Å². The fourth-order valence-corrected chi connectivity index (χ4v) is 2.36. The number of hydrogen-bond acceptors (Lipinski definition) is 4. The summed E-state index contributed by atoms with van der Waals surface area (Å²) in [7, 11) is 0. The van der Waals surface area contributed by atoms with Crippen LogP contribution in [0.2, 0.25) is 0 Å². The largest absolute Gasteiger partial charge is 0.384 e. The van der Waals surface area contributed by atoms with Crippen LogP contribution in [0, 0.1) is 0 Å². The molecule has 0 unspecified atom stereocenters. The Hall–Kier alpha value is -1.28. The van der Waals surface area contributed by atoms with Crippen molar-refractivity contribution in [2.24, 2.45) is 0 Å². The topological polar surface area (TPSA) is 58.9 Å². The predicted molar refractivity (Wildman–Crippen MR) is 51.6 cm³/mol. The zero-order valence-electron chi connectivity index (χ0n) is 12.8. The fourth-order valence-electron chi connectivity index (χ4n) is 2.36. The maximum atomic E-state index is 13.3. The normalized spacial score (nSPS) is 34.6. The van der Waals surface area contributed by atoms with E-state index in [-0.39, 0.29) is 0 Å². The van der Waals surface area contributed by atoms with E-state index in [2.05, 4.69) is 9.78 Å². The highest BCUT2D eigenvalue weighted by Gasteiger charge is 3.04. The van der Waals surface area contributed by atoms with E-state index in [0.717, 1.165) is 0 Å². The van der Waals surface area contributed by atoms with E-state index in [1.165, 1.54) is 0 Å². The van der Waals surface area contributed by atoms with Crippen molar-refractivity contribution in [3.8, 4) is 0 Å². The molecule has 0 saturated heterocycles. The molecular weight excluding hydrogens is 488 g/mol. The van der Waals surface area contributed by atoms with E-state index >= 15 is 0 Å². The quantitative estimate of drug-likeness (QED) is 0.276. The van der Waals surface area contributed by atoms with Crippen LogP contribution in [-0.2, 0) is 9.78 Å². The molecule has 0 aromatic heterocycles. The van der Waals surface area contributed by atoms with Crippen LogP contribution >= 0.6 is 0 Å². The molecule has 0 amide bonds. The second-order valence-electron chi connectivity index (χ2n) is 6.05. The van der Waals surface area contributed by atoms with Crippen LogP contribution in [0.4, 0.5) is 70.2 Å². The fraction of sp³-hybridized carbons (Fsp3) is 1.00. The van der Waals surface area contributed by atoms with Crippen molar-refractivity contribution in [3.05, 3.63) is 0 Å². The number of aliphatic hydroxyl groups is 2. The Morgan fingerprint density at radius 1 is 0.300 bits per heavy atom. The van der Waals surface area contributed by atoms with Gasteiger partial charge in [0.15, 0.2) is 0 Å². The Labute approximate surface area is 150 Å². The Balaban J connectivity index is 2.62. The Bertz CT molecular complexity index is 630. The molecule has 0 atom stereocenters. The molecule has 0 aromatic rings. The lowest BCUT2D eigenvalue weighted by molar-refractivity contribution is -0.581. The molecule has 30 heavy (non-hydrogen) atoms. The molecule has 2 N–H and O–H groups in total. The van der Waals surface area contributed by atoms with Crippen LogP contribution < -0.4 is 0 Å². The molecule has 0 bridgehead atoms. The molecule has 2 rings (SSSR count). The lowest BCUT2D eigenvalue weighted by atomic mass is 10.1. The maximum Gasteiger partial charge on any atom is 0.384 e. The third kappa shape index (κ3) is 1.93. The monoisotopic (exact) mass is 490 g/mol. The molecule has 4 nitrogen and oxygen atoms in total. The van der Waals surface area contributed by atoms with E-state index in [1.807, 2.05) is 0 Å². The lowest BCUT2D eigenvalue weighted by Crippen LogP contribution is -2.65. The van der Waals surface area contributed by atoms with Crippen molar-refractivity contribution >= 4 is 0 Å². The summed E-state index contributed by atoms with van der Waals surface area (Å²) >= 11 is 0. The second-order valence-corrected chi connectivity index (χ2v) is 6.05. The first-order valence-electron chi connectivity index (χ1n) is 6.55. The van der Waals surface area contributed by atoms with Crippen LogP contribution in [0.25, 0.3) is 0 Å². The van der Waals surface area contributed by atoms with Gasteiger partial charge in [0.1, 0.15) is 0 Å². The molecule has 0 heterocycles. The van der Waals surface area contributed by atoms with Crippen molar-refractivity contribution in [2.45, 2.75) is 59.0 Å². The molecule has 178 valence electrons. The van der Waals surface area contributed by atoms with Crippen LogP contribution in [0.3, 0.4) is 0 Å². The average molecular weight is 490 g/mol. The third-order valence-corrected chi connectivity index (χ3v) is 4.35. The summed E-state index contributed by atoms with van der Waals surface area (Å²) in [5, 5.41) is 17.6. The summed E-state index contributed by atoms with van der Waals surface area (Å²) in [6.07, 6.45) is 0. The first-order valence-corrected chi connectivity index (χ1v) is 6.55. The Morgan fingerprint density at radius 3 is 0.567 bits per heavy atom. The summed E-state index contributed by atoms with van der Waals surface area (Å²) in [5.74, 6) is -72.6. The van der Waals surface area contributed by atoms with Crippen LogP contribution in [0.15, 0.2) is 0 Å². The van der Waals surface area contributed by atoms with Crippen LogP contribution in [0.5, 0.6) is 0 Å². The van der Waals surface area contributed by atoms with Crippen molar-refractivity contribution in [1.29, 1.82) is 0 Å². The number of alkyl halides is 16. The zero-order chi connectivity index (χ0) is 24.4. The number of halogens is 16. The summed E-state index contributed by atoms with van der Waals surface area (Å²) in [6.45, 7) is 0. The Kier molecular flexibility index (Phi) is 4.47. The molecule has 2 saturated carbocycles. The molecule has 2 aliphatic carbocycles. The third-order valence-electron chi connectivity index (χ3n) is 4.35. The predicted octanol–water partition coefficient (Wildman–Crippen LogP) is 3.42. The van der Waals surface area contributed by atoms with Gasteiger partial charge < -0.3 is 10.2 Å². The minimum atomic E-state index is -7.35. The van der Waals surface area contributed by atoms with Gasteiger partial charge in [-0.15, -0.1) is 0 Å². The summed E-state index contributed by atoms with van der Waals surface area (Å²) in [4.78, 5) is 4.11. The van der Waals surface area contributed by atoms with Gasteiger partial charge in [-0.1, -0.05) is 0 Å². The van der Waals surface area contributed by atoms with Crippen LogP contribution in [-0.4, -0.2) is 69.2 Å². The van der Waals surface area contributed by atoms with Gasteiger partial charge in [-0.25, -0.2) is 0 Å². The molecular formula is C10H2F16O4. The van der Waals surface area contributed by atoms with E-state index < -0.39 is 59.0 Å². The number of rotatable bonds is 3. The summed E-state index contributed by atoms with van der Waals surface area (Å²) in [5.41, 5.74) is 0. The average Bonchev–Trinajstić information content (AvgIpc) is 2.64. The van der Waals surface area contributed by atoms with Gasteiger partial charge in [0.2, 0.25) is 0 Å². The molecule has 20 heteroatoms. The summed E-state index contributed by atoms with van der Waals surface area (Å²) in [6, 6.07) is 0. The zero-order valence-corrected chi connectivity index (χ0v) is 12.8. The summed E-state index contributed by atoms with van der Waals surface area (Å²) < 4.78 is 210. The second kappa shape index (κ2) is 5.37. The molecule has 0 spiro atoms. The van der Waals surface area contributed by atoms with E-state index in [1.54, 1.807) is 0 Å². The van der Waals surface area contributed by atoms with Crippen molar-refractivity contribution in [1.82, 2.24) is 0 Å². The van der Waals surface area contributed by atoms with Gasteiger partial charge >= 0.3 is 59.0 Å². The van der Waals surface area contributed by atoms with Crippen LogP contribution in [0.1, 0.15) is 0 Å². The van der Waals surface area contributed by atoms with E-state index in [4.69, 9.17) is 10.2 Å². The van der Waals surface area contributed by atoms with Gasteiger partial charge in [0.25, 0.3) is 0 Å². The minimum Gasteiger partial charge on any atom is -0.354 e. The molecule has 0 radical (unpaired) electrons.